The lowest BCUT2D eigenvalue weighted by atomic mass is 9.98. The molecule has 3 N–H and O–H groups in total. The van der Waals surface area contributed by atoms with Crippen LogP contribution in [0.2, 0.25) is 0 Å². The summed E-state index contributed by atoms with van der Waals surface area (Å²) in [4.78, 5) is 39.1. The summed E-state index contributed by atoms with van der Waals surface area (Å²) in [5.41, 5.74) is 3.74. The Balaban J connectivity index is 1.65. The molecular formula is C27H35N3O5. The van der Waals surface area contributed by atoms with Crippen molar-refractivity contribution < 1.29 is 24.2 Å². The van der Waals surface area contributed by atoms with Gasteiger partial charge in [0.25, 0.3) is 0 Å². The number of benzene rings is 2. The first-order chi connectivity index (χ1) is 16.6. The molecule has 1 unspecified atom stereocenters. The smallest absolute Gasteiger partial charge is 0.407 e. The van der Waals surface area contributed by atoms with E-state index in [1.807, 2.05) is 76.2 Å². The molecule has 0 saturated heterocycles. The monoisotopic (exact) mass is 481 g/mol. The molecule has 188 valence electrons. The van der Waals surface area contributed by atoms with Crippen molar-refractivity contribution in [3.63, 3.8) is 0 Å². The quantitative estimate of drug-likeness (QED) is 0.453. The Morgan fingerprint density at radius 2 is 1.54 bits per heavy atom. The number of hydrogen-bond acceptors (Lipinski definition) is 5. The summed E-state index contributed by atoms with van der Waals surface area (Å²) in [5.74, 6) is -1.88. The van der Waals surface area contributed by atoms with Gasteiger partial charge in [0.05, 0.1) is 6.42 Å². The fourth-order valence-corrected chi connectivity index (χ4v) is 4.63. The predicted molar refractivity (Wildman–Crippen MR) is 134 cm³/mol. The Morgan fingerprint density at radius 1 is 1.00 bits per heavy atom. The number of carbonyl (C=O) groups is 3. The van der Waals surface area contributed by atoms with Crippen LogP contribution in [-0.4, -0.2) is 65.8 Å². The minimum atomic E-state index is -1.25. The van der Waals surface area contributed by atoms with E-state index in [0.29, 0.717) is 6.54 Å². The Hall–Kier alpha value is -3.39. The zero-order valence-electron chi connectivity index (χ0n) is 20.8. The highest BCUT2D eigenvalue weighted by Gasteiger charge is 2.32. The van der Waals surface area contributed by atoms with Gasteiger partial charge in [0.1, 0.15) is 12.6 Å². The number of hydrogen-bond donors (Lipinski definition) is 3. The average Bonchev–Trinajstić information content (AvgIpc) is 3.14. The topological polar surface area (TPSA) is 108 Å². The summed E-state index contributed by atoms with van der Waals surface area (Å²) < 4.78 is 5.50. The lowest BCUT2D eigenvalue weighted by Crippen LogP contribution is -2.57. The second-order valence-electron chi connectivity index (χ2n) is 9.45. The molecule has 0 saturated carbocycles. The van der Waals surface area contributed by atoms with Crippen molar-refractivity contribution in [3.05, 3.63) is 59.7 Å². The van der Waals surface area contributed by atoms with Gasteiger partial charge >= 0.3 is 12.1 Å². The molecule has 0 heterocycles. The van der Waals surface area contributed by atoms with E-state index >= 15 is 0 Å². The molecule has 2 aromatic carbocycles. The number of nitrogens with zero attached hydrogens (tertiary/aromatic N) is 1. The first kappa shape index (κ1) is 26.2. The van der Waals surface area contributed by atoms with Crippen LogP contribution in [0.4, 0.5) is 4.79 Å². The van der Waals surface area contributed by atoms with Crippen LogP contribution >= 0.6 is 0 Å². The zero-order chi connectivity index (χ0) is 25.6. The molecular weight excluding hydrogens is 446 g/mol. The molecule has 35 heavy (non-hydrogen) atoms. The fraction of sp³-hybridized carbons (Fsp3) is 0.444. The van der Waals surface area contributed by atoms with E-state index < -0.39 is 36.0 Å². The van der Waals surface area contributed by atoms with Gasteiger partial charge in [0, 0.05) is 18.0 Å². The molecule has 0 spiro atoms. The Bertz CT molecular complexity index is 1020. The molecule has 0 aromatic heterocycles. The summed E-state index contributed by atoms with van der Waals surface area (Å²) in [7, 11) is 0. The van der Waals surface area contributed by atoms with Crippen molar-refractivity contribution in [1.29, 1.82) is 0 Å². The van der Waals surface area contributed by atoms with Gasteiger partial charge in [0.2, 0.25) is 5.91 Å². The van der Waals surface area contributed by atoms with Crippen LogP contribution in [0, 0.1) is 0 Å². The van der Waals surface area contributed by atoms with E-state index in [4.69, 9.17) is 4.74 Å². The molecule has 2 aromatic rings. The van der Waals surface area contributed by atoms with Crippen LogP contribution < -0.4 is 10.6 Å². The summed E-state index contributed by atoms with van der Waals surface area (Å²) in [5, 5.41) is 14.6. The van der Waals surface area contributed by atoms with Gasteiger partial charge in [0.15, 0.2) is 0 Å². The van der Waals surface area contributed by atoms with Gasteiger partial charge in [-0.15, -0.1) is 0 Å². The highest BCUT2D eigenvalue weighted by Crippen LogP contribution is 2.44. The Morgan fingerprint density at radius 3 is 2.06 bits per heavy atom. The van der Waals surface area contributed by atoms with Crippen LogP contribution in [0.3, 0.4) is 0 Å². The summed E-state index contributed by atoms with van der Waals surface area (Å²) in [6, 6.07) is 14.7. The van der Waals surface area contributed by atoms with Crippen LogP contribution in [0.25, 0.3) is 11.1 Å². The van der Waals surface area contributed by atoms with Crippen molar-refractivity contribution in [2.75, 3.05) is 26.2 Å². The van der Waals surface area contributed by atoms with Gasteiger partial charge in [-0.3, -0.25) is 9.59 Å². The maximum absolute atomic E-state index is 12.9. The minimum Gasteiger partial charge on any atom is -0.481 e. The van der Waals surface area contributed by atoms with E-state index in [9.17, 15) is 19.5 Å². The number of nitrogens with one attached hydrogen (secondary N) is 2. The number of amides is 2. The number of fused-ring (bicyclic) bond motifs is 3. The second kappa shape index (κ2) is 11.4. The summed E-state index contributed by atoms with van der Waals surface area (Å²) in [6.45, 7) is 10.1. The number of carboxylic acid groups (broad SMARTS) is 1. The standard InChI is InChI=1S/C27H35N3O5/c1-5-30(6-2)17-27(3,4)29-25(33)23(15-24(31)32)28-26(34)35-16-22-20-13-9-7-11-18(20)19-12-8-10-14-21(19)22/h7-14,22-23H,5-6,15-17H2,1-4H3,(H,28,34)(H,29,33)(H,31,32). The highest BCUT2D eigenvalue weighted by atomic mass is 16.5. The van der Waals surface area contributed by atoms with Crippen molar-refractivity contribution in [2.24, 2.45) is 0 Å². The molecule has 0 aliphatic heterocycles. The van der Waals surface area contributed by atoms with E-state index in [1.54, 1.807) is 0 Å². The van der Waals surface area contributed by atoms with Gasteiger partial charge in [-0.1, -0.05) is 62.4 Å². The summed E-state index contributed by atoms with van der Waals surface area (Å²) >= 11 is 0. The molecule has 3 rings (SSSR count). The number of likely N-dealkylation sites (N-methyl/N-ethyl adjacent to an activating group) is 1. The number of carboxylic acids is 1. The van der Waals surface area contributed by atoms with Crippen LogP contribution in [0.5, 0.6) is 0 Å². The molecule has 2 amide bonds. The van der Waals surface area contributed by atoms with Crippen LogP contribution in [-0.2, 0) is 14.3 Å². The molecule has 1 aliphatic rings. The lowest BCUT2D eigenvalue weighted by Gasteiger charge is -2.33. The zero-order valence-corrected chi connectivity index (χ0v) is 20.8. The number of ether oxygens (including phenoxy) is 1. The third kappa shape index (κ3) is 6.60. The Labute approximate surface area is 206 Å². The van der Waals surface area contributed by atoms with E-state index in [-0.39, 0.29) is 12.5 Å². The SMILES string of the molecule is CCN(CC)CC(C)(C)NC(=O)C(CC(=O)O)NC(=O)OCC1c2ccccc2-c2ccccc21. The van der Waals surface area contributed by atoms with Crippen LogP contribution in [0.15, 0.2) is 48.5 Å². The van der Waals surface area contributed by atoms with E-state index in [1.165, 1.54) is 0 Å². The van der Waals surface area contributed by atoms with Gasteiger partial charge in [-0.05, 0) is 49.2 Å². The summed E-state index contributed by atoms with van der Waals surface area (Å²) in [6.07, 6.45) is -1.37. The largest absolute Gasteiger partial charge is 0.481 e. The Kier molecular flexibility index (Phi) is 8.51. The molecule has 8 heteroatoms. The van der Waals surface area contributed by atoms with Gasteiger partial charge < -0.3 is 25.4 Å². The molecule has 0 fully saturated rings. The molecule has 0 radical (unpaired) electrons. The van der Waals surface area contributed by atoms with Gasteiger partial charge in [-0.2, -0.15) is 0 Å². The normalized spacial score (nSPS) is 13.6. The maximum Gasteiger partial charge on any atom is 0.407 e. The fourth-order valence-electron chi connectivity index (χ4n) is 4.63. The number of aliphatic carboxylic acids is 1. The second-order valence-corrected chi connectivity index (χ2v) is 9.45. The lowest BCUT2D eigenvalue weighted by molar-refractivity contribution is -0.140. The number of carbonyl (C=O) groups excluding carboxylic acids is 2. The number of alkyl carbamates (subject to hydrolysis) is 1. The van der Waals surface area contributed by atoms with Gasteiger partial charge in [-0.25, -0.2) is 4.79 Å². The number of rotatable bonds is 11. The maximum atomic E-state index is 12.9. The third-order valence-electron chi connectivity index (χ3n) is 6.31. The molecule has 1 aliphatic carbocycles. The highest BCUT2D eigenvalue weighted by molar-refractivity contribution is 5.89. The predicted octanol–water partition coefficient (Wildman–Crippen LogP) is 3.61. The molecule has 1 atom stereocenters. The third-order valence-corrected chi connectivity index (χ3v) is 6.31. The van der Waals surface area contributed by atoms with Crippen molar-refractivity contribution >= 4 is 18.0 Å². The molecule has 8 nitrogen and oxygen atoms in total. The molecule has 0 bridgehead atoms. The first-order valence-corrected chi connectivity index (χ1v) is 12.0. The average molecular weight is 482 g/mol. The van der Waals surface area contributed by atoms with Crippen molar-refractivity contribution in [2.45, 2.75) is 51.6 Å². The van der Waals surface area contributed by atoms with E-state index in [0.717, 1.165) is 35.3 Å². The van der Waals surface area contributed by atoms with Crippen LogP contribution in [0.1, 0.15) is 51.2 Å². The minimum absolute atomic E-state index is 0.0781. The van der Waals surface area contributed by atoms with Crippen molar-refractivity contribution in [1.82, 2.24) is 15.5 Å². The van der Waals surface area contributed by atoms with Crippen molar-refractivity contribution in [3.8, 4) is 11.1 Å². The first-order valence-electron chi connectivity index (χ1n) is 12.0. The van der Waals surface area contributed by atoms with E-state index in [2.05, 4.69) is 15.5 Å².